The molecule has 0 saturated carbocycles. The van der Waals surface area contributed by atoms with E-state index in [-0.39, 0.29) is 30.0 Å². The summed E-state index contributed by atoms with van der Waals surface area (Å²) in [5.74, 6) is 1.06. The molecule has 7 nitrogen and oxygen atoms in total. The quantitative estimate of drug-likeness (QED) is 0.270. The van der Waals surface area contributed by atoms with Crippen LogP contribution in [-0.4, -0.2) is 42.9 Å². The number of rotatable bonds is 8. The Hall–Kier alpha value is -0.870. The number of alkyl carbamates (subject to hydrolysis) is 1. The van der Waals surface area contributed by atoms with Gasteiger partial charge < -0.3 is 25.3 Å². The van der Waals surface area contributed by atoms with E-state index in [2.05, 4.69) is 34.8 Å². The summed E-state index contributed by atoms with van der Waals surface area (Å²) in [6, 6.07) is 1.75. The van der Waals surface area contributed by atoms with Gasteiger partial charge in [0, 0.05) is 32.4 Å². The third-order valence-corrected chi connectivity index (χ3v) is 4.59. The fourth-order valence-electron chi connectivity index (χ4n) is 2.48. The number of halogens is 3. The minimum absolute atomic E-state index is 0. The Morgan fingerprint density at radius 2 is 2.00 bits per heavy atom. The molecule has 0 fully saturated rings. The molecule has 3 N–H and O–H groups in total. The summed E-state index contributed by atoms with van der Waals surface area (Å²) < 4.78 is 6.78. The molecule has 1 aromatic heterocycles. The van der Waals surface area contributed by atoms with E-state index in [9.17, 15) is 4.79 Å². The summed E-state index contributed by atoms with van der Waals surface area (Å²) in [5, 5.41) is 10.3. The van der Waals surface area contributed by atoms with Crippen molar-refractivity contribution < 1.29 is 9.53 Å². The number of carbonyl (C=O) groups is 1. The summed E-state index contributed by atoms with van der Waals surface area (Å²) in [6.07, 6.45) is 0.419. The van der Waals surface area contributed by atoms with E-state index < -0.39 is 6.09 Å². The number of guanidine groups is 1. The van der Waals surface area contributed by atoms with Crippen molar-refractivity contribution in [2.45, 2.75) is 39.8 Å². The minimum Gasteiger partial charge on any atom is -0.450 e. The number of nitrogens with one attached hydrogen (secondary N) is 3. The number of aliphatic imine (C=N–C) groups is 1. The van der Waals surface area contributed by atoms with Crippen molar-refractivity contribution in [3.63, 3.8) is 0 Å². The summed E-state index contributed by atoms with van der Waals surface area (Å²) in [6.45, 7) is 7.39. The molecule has 1 unspecified atom stereocenters. The van der Waals surface area contributed by atoms with E-state index in [1.54, 1.807) is 14.0 Å². The monoisotopic (exact) mass is 533 g/mol. The third kappa shape index (κ3) is 9.25. The van der Waals surface area contributed by atoms with E-state index >= 15 is 0 Å². The fraction of sp³-hybridized carbons (Fsp3) is 0.647. The molecule has 1 heterocycles. The number of carbonyl (C=O) groups excluding carboxylic acids is 1. The summed E-state index contributed by atoms with van der Waals surface area (Å²) in [5.41, 5.74) is 0.936. The predicted molar refractivity (Wildman–Crippen MR) is 122 cm³/mol. The lowest BCUT2D eigenvalue weighted by Gasteiger charge is -2.22. The third-order valence-electron chi connectivity index (χ3n) is 3.75. The van der Waals surface area contributed by atoms with Gasteiger partial charge >= 0.3 is 6.09 Å². The average Bonchev–Trinajstić information content (AvgIpc) is 2.81. The molecule has 1 amide bonds. The van der Waals surface area contributed by atoms with Crippen molar-refractivity contribution >= 4 is 59.2 Å². The Balaban J connectivity index is 0.00000676. The molecule has 10 heteroatoms. The Morgan fingerprint density at radius 1 is 1.33 bits per heavy atom. The second-order valence-corrected chi connectivity index (χ2v) is 7.10. The van der Waals surface area contributed by atoms with Gasteiger partial charge in [-0.3, -0.25) is 4.99 Å². The highest BCUT2D eigenvalue weighted by Gasteiger charge is 2.15. The topological polar surface area (TPSA) is 79.7 Å². The van der Waals surface area contributed by atoms with Crippen molar-refractivity contribution in [2.75, 3.05) is 20.2 Å². The van der Waals surface area contributed by atoms with Crippen molar-refractivity contribution in [3.8, 4) is 0 Å². The molecular weight excluding hydrogens is 504 g/mol. The lowest BCUT2D eigenvalue weighted by atomic mass is 10.0. The Labute approximate surface area is 188 Å². The van der Waals surface area contributed by atoms with Crippen LogP contribution in [0.3, 0.4) is 0 Å². The average molecular weight is 534 g/mol. The Morgan fingerprint density at radius 3 is 2.48 bits per heavy atom. The standard InChI is InChI=1S/C17H29Cl2N5O2.HI/c1-6-26-17(25)23-12(7-11(2)3)9-21-16(20-4)22-10-13-8-14(18)15(19)24(13)5;/h8,11-12H,6-7,9-10H2,1-5H3,(H,23,25)(H2,20,21,22);1H. The first-order chi connectivity index (χ1) is 12.3. The zero-order chi connectivity index (χ0) is 19.7. The number of hydrogen-bond acceptors (Lipinski definition) is 3. The van der Waals surface area contributed by atoms with Crippen LogP contribution in [0, 0.1) is 5.92 Å². The minimum atomic E-state index is -0.406. The first-order valence-electron chi connectivity index (χ1n) is 8.65. The number of aromatic nitrogens is 1. The lowest BCUT2D eigenvalue weighted by Crippen LogP contribution is -2.47. The molecule has 27 heavy (non-hydrogen) atoms. The second kappa shape index (κ2) is 13.3. The van der Waals surface area contributed by atoms with Gasteiger partial charge in [-0.1, -0.05) is 37.0 Å². The maximum absolute atomic E-state index is 11.7. The molecule has 0 radical (unpaired) electrons. The van der Waals surface area contributed by atoms with Gasteiger partial charge in [0.05, 0.1) is 18.2 Å². The Kier molecular flexibility index (Phi) is 12.9. The number of amides is 1. The smallest absolute Gasteiger partial charge is 0.407 e. The van der Waals surface area contributed by atoms with Gasteiger partial charge in [0.2, 0.25) is 0 Å². The van der Waals surface area contributed by atoms with Gasteiger partial charge in [0.15, 0.2) is 5.96 Å². The van der Waals surface area contributed by atoms with E-state index in [1.165, 1.54) is 0 Å². The van der Waals surface area contributed by atoms with Crippen molar-refractivity contribution in [1.82, 2.24) is 20.5 Å². The molecule has 0 spiro atoms. The van der Waals surface area contributed by atoms with Gasteiger partial charge in [-0.2, -0.15) is 0 Å². The van der Waals surface area contributed by atoms with Gasteiger partial charge in [-0.25, -0.2) is 4.79 Å². The van der Waals surface area contributed by atoms with Crippen molar-refractivity contribution in [3.05, 3.63) is 21.9 Å². The highest BCUT2D eigenvalue weighted by atomic mass is 127. The molecule has 1 atom stereocenters. The van der Waals surface area contributed by atoms with Gasteiger partial charge in [0.1, 0.15) is 5.15 Å². The van der Waals surface area contributed by atoms with Crippen molar-refractivity contribution in [2.24, 2.45) is 18.0 Å². The van der Waals surface area contributed by atoms with E-state index in [1.807, 2.05) is 17.7 Å². The van der Waals surface area contributed by atoms with Crippen LogP contribution in [-0.2, 0) is 18.3 Å². The molecule has 1 rings (SSSR count). The van der Waals surface area contributed by atoms with Crippen LogP contribution in [0.2, 0.25) is 10.2 Å². The molecule has 0 aliphatic rings. The van der Waals surface area contributed by atoms with E-state index in [0.29, 0.717) is 41.7 Å². The molecule has 0 aromatic carbocycles. The molecule has 1 aromatic rings. The normalized spacial score (nSPS) is 12.4. The van der Waals surface area contributed by atoms with Crippen LogP contribution in [0.5, 0.6) is 0 Å². The van der Waals surface area contributed by atoms with Crippen LogP contribution >= 0.6 is 47.2 Å². The Bertz CT molecular complexity index is 623. The molecule has 0 aliphatic heterocycles. The van der Waals surface area contributed by atoms with Crippen LogP contribution in [0.1, 0.15) is 32.9 Å². The molecule has 0 saturated heterocycles. The van der Waals surface area contributed by atoms with Crippen LogP contribution in [0.25, 0.3) is 0 Å². The summed E-state index contributed by atoms with van der Waals surface area (Å²) in [4.78, 5) is 15.9. The van der Waals surface area contributed by atoms with E-state index in [0.717, 1.165) is 12.1 Å². The van der Waals surface area contributed by atoms with Crippen molar-refractivity contribution in [1.29, 1.82) is 0 Å². The number of nitrogens with zero attached hydrogens (tertiary/aromatic N) is 2. The summed E-state index contributed by atoms with van der Waals surface area (Å²) >= 11 is 12.1. The fourth-order valence-corrected chi connectivity index (χ4v) is 2.89. The van der Waals surface area contributed by atoms with Gasteiger partial charge in [0.25, 0.3) is 0 Å². The maximum atomic E-state index is 11.7. The zero-order valence-corrected chi connectivity index (χ0v) is 20.3. The van der Waals surface area contributed by atoms with Gasteiger partial charge in [-0.05, 0) is 25.3 Å². The maximum Gasteiger partial charge on any atom is 0.407 e. The number of ether oxygens (including phenoxy) is 1. The summed E-state index contributed by atoms with van der Waals surface area (Å²) in [7, 11) is 3.54. The highest BCUT2D eigenvalue weighted by molar-refractivity contribution is 14.0. The first kappa shape index (κ1) is 26.1. The second-order valence-electron chi connectivity index (χ2n) is 6.33. The number of hydrogen-bond donors (Lipinski definition) is 3. The zero-order valence-electron chi connectivity index (χ0n) is 16.4. The molecule has 156 valence electrons. The predicted octanol–water partition coefficient (Wildman–Crippen LogP) is 3.78. The first-order valence-corrected chi connectivity index (χ1v) is 9.41. The molecule has 0 bridgehead atoms. The van der Waals surface area contributed by atoms with Crippen LogP contribution in [0.4, 0.5) is 4.79 Å². The van der Waals surface area contributed by atoms with Crippen LogP contribution in [0.15, 0.2) is 11.1 Å². The molecule has 0 aliphatic carbocycles. The lowest BCUT2D eigenvalue weighted by molar-refractivity contribution is 0.146. The van der Waals surface area contributed by atoms with Gasteiger partial charge in [-0.15, -0.1) is 24.0 Å². The highest BCUT2D eigenvalue weighted by Crippen LogP contribution is 2.24. The van der Waals surface area contributed by atoms with E-state index in [4.69, 9.17) is 27.9 Å². The molecular formula is C17H30Cl2IN5O2. The SMILES string of the molecule is CCOC(=O)NC(CNC(=NC)NCc1cc(Cl)c(Cl)n1C)CC(C)C.I. The largest absolute Gasteiger partial charge is 0.450 e. The van der Waals surface area contributed by atoms with Crippen LogP contribution < -0.4 is 16.0 Å².